The topological polar surface area (TPSA) is 58.7 Å². The van der Waals surface area contributed by atoms with Gasteiger partial charge >= 0.3 is 0 Å². The minimum absolute atomic E-state index is 0.0814. The number of carbonyl (C=O) groups is 1. The Hall–Kier alpha value is -2.88. The van der Waals surface area contributed by atoms with Crippen molar-refractivity contribution in [1.29, 1.82) is 0 Å². The number of hydrogen-bond acceptors (Lipinski definition) is 3. The lowest BCUT2D eigenvalue weighted by Crippen LogP contribution is -2.40. The maximum Gasteiger partial charge on any atom is 0.219 e. The van der Waals surface area contributed by atoms with Gasteiger partial charge in [-0.15, -0.1) is 0 Å². The highest BCUT2D eigenvalue weighted by molar-refractivity contribution is 6.02. The SMILES string of the molecule is CN=C1CCN(C(C)=O)CC1=C(N)Cc1ccc(-c2ccc(C)cc2)cc1. The molecule has 1 aliphatic heterocycles. The van der Waals surface area contributed by atoms with Gasteiger partial charge in [-0.05, 0) is 23.6 Å². The van der Waals surface area contributed by atoms with Gasteiger partial charge in [-0.2, -0.15) is 0 Å². The van der Waals surface area contributed by atoms with Crippen LogP contribution in [0.1, 0.15) is 24.5 Å². The first kappa shape index (κ1) is 18.9. The number of rotatable bonds is 3. The van der Waals surface area contributed by atoms with Crippen LogP contribution < -0.4 is 5.73 Å². The first-order valence-corrected chi connectivity index (χ1v) is 9.33. The number of hydrogen-bond donors (Lipinski definition) is 1. The summed E-state index contributed by atoms with van der Waals surface area (Å²) in [4.78, 5) is 18.0. The lowest BCUT2D eigenvalue weighted by Gasteiger charge is -2.30. The number of amides is 1. The summed E-state index contributed by atoms with van der Waals surface area (Å²) >= 11 is 0. The number of nitrogens with zero attached hydrogens (tertiary/aromatic N) is 2. The van der Waals surface area contributed by atoms with Crippen LogP contribution in [0.4, 0.5) is 0 Å². The van der Waals surface area contributed by atoms with E-state index in [2.05, 4.69) is 60.4 Å². The highest BCUT2D eigenvalue weighted by atomic mass is 16.2. The smallest absolute Gasteiger partial charge is 0.219 e. The summed E-state index contributed by atoms with van der Waals surface area (Å²) in [5, 5.41) is 0. The van der Waals surface area contributed by atoms with Crippen molar-refractivity contribution in [3.05, 3.63) is 70.9 Å². The van der Waals surface area contributed by atoms with Crippen LogP contribution in [0, 0.1) is 6.92 Å². The van der Waals surface area contributed by atoms with Crippen LogP contribution in [-0.2, 0) is 11.2 Å². The van der Waals surface area contributed by atoms with E-state index in [1.54, 1.807) is 14.0 Å². The molecule has 0 aliphatic carbocycles. The number of benzene rings is 2. The lowest BCUT2D eigenvalue weighted by atomic mass is 9.96. The molecule has 2 aromatic rings. The van der Waals surface area contributed by atoms with Gasteiger partial charge in [0, 0.05) is 56.9 Å². The van der Waals surface area contributed by atoms with Crippen LogP contribution in [0.2, 0.25) is 0 Å². The summed E-state index contributed by atoms with van der Waals surface area (Å²) in [6.45, 7) is 4.96. The molecule has 140 valence electrons. The normalized spacial score (nSPS) is 17.9. The molecule has 0 aromatic heterocycles. The van der Waals surface area contributed by atoms with Crippen molar-refractivity contribution in [2.45, 2.75) is 26.7 Å². The molecule has 0 saturated carbocycles. The predicted molar refractivity (Wildman–Crippen MR) is 112 cm³/mol. The second-order valence-corrected chi connectivity index (χ2v) is 7.10. The summed E-state index contributed by atoms with van der Waals surface area (Å²) in [6, 6.07) is 17.0. The van der Waals surface area contributed by atoms with Gasteiger partial charge in [0.1, 0.15) is 0 Å². The quantitative estimate of drug-likeness (QED) is 0.905. The number of allylic oxidation sites excluding steroid dienone is 1. The first-order chi connectivity index (χ1) is 13.0. The number of likely N-dealkylation sites (tertiary alicyclic amines) is 1. The molecule has 1 fully saturated rings. The summed E-state index contributed by atoms with van der Waals surface area (Å²) in [5.74, 6) is 0.0814. The van der Waals surface area contributed by atoms with Crippen molar-refractivity contribution in [3.63, 3.8) is 0 Å². The molecule has 2 aromatic carbocycles. The van der Waals surface area contributed by atoms with Crippen molar-refractivity contribution in [2.24, 2.45) is 10.7 Å². The minimum Gasteiger partial charge on any atom is -0.401 e. The highest BCUT2D eigenvalue weighted by Crippen LogP contribution is 2.22. The Morgan fingerprint density at radius 3 is 2.22 bits per heavy atom. The molecule has 2 N–H and O–H groups in total. The summed E-state index contributed by atoms with van der Waals surface area (Å²) in [5.41, 5.74) is 14.1. The number of carbonyl (C=O) groups excluding carboxylic acids is 1. The van der Waals surface area contributed by atoms with Crippen molar-refractivity contribution in [3.8, 4) is 11.1 Å². The first-order valence-electron chi connectivity index (χ1n) is 9.33. The fourth-order valence-electron chi connectivity index (χ4n) is 3.44. The van der Waals surface area contributed by atoms with Gasteiger partial charge in [0.05, 0.1) is 0 Å². The third-order valence-corrected chi connectivity index (χ3v) is 5.15. The predicted octanol–water partition coefficient (Wildman–Crippen LogP) is 3.74. The minimum atomic E-state index is 0.0814. The molecule has 0 radical (unpaired) electrons. The molecule has 4 nitrogen and oxygen atoms in total. The van der Waals surface area contributed by atoms with Gasteiger partial charge in [-0.3, -0.25) is 9.79 Å². The van der Waals surface area contributed by atoms with E-state index in [1.807, 2.05) is 4.90 Å². The van der Waals surface area contributed by atoms with Crippen LogP contribution in [0.5, 0.6) is 0 Å². The van der Waals surface area contributed by atoms with Crippen molar-refractivity contribution in [1.82, 2.24) is 4.90 Å². The van der Waals surface area contributed by atoms with Gasteiger partial charge in [0.2, 0.25) is 5.91 Å². The molecule has 1 aliphatic rings. The lowest BCUT2D eigenvalue weighted by molar-refractivity contribution is -0.128. The molecule has 0 bridgehead atoms. The zero-order valence-corrected chi connectivity index (χ0v) is 16.3. The fraction of sp³-hybridized carbons (Fsp3) is 0.304. The molecular formula is C23H27N3O. The third-order valence-electron chi connectivity index (χ3n) is 5.15. The summed E-state index contributed by atoms with van der Waals surface area (Å²) < 4.78 is 0. The Labute approximate surface area is 161 Å². The van der Waals surface area contributed by atoms with Crippen LogP contribution in [0.3, 0.4) is 0 Å². The molecule has 27 heavy (non-hydrogen) atoms. The van der Waals surface area contributed by atoms with E-state index in [-0.39, 0.29) is 5.91 Å². The average molecular weight is 361 g/mol. The average Bonchev–Trinajstić information content (AvgIpc) is 2.68. The van der Waals surface area contributed by atoms with E-state index >= 15 is 0 Å². The Kier molecular flexibility index (Phi) is 5.75. The monoisotopic (exact) mass is 361 g/mol. The van der Waals surface area contributed by atoms with Gasteiger partial charge in [0.25, 0.3) is 0 Å². The fourth-order valence-corrected chi connectivity index (χ4v) is 3.44. The molecule has 1 amide bonds. The zero-order chi connectivity index (χ0) is 19.4. The molecule has 0 atom stereocenters. The zero-order valence-electron chi connectivity index (χ0n) is 16.3. The van der Waals surface area contributed by atoms with Crippen LogP contribution in [-0.4, -0.2) is 36.7 Å². The maximum atomic E-state index is 11.7. The van der Waals surface area contributed by atoms with E-state index in [0.29, 0.717) is 19.5 Å². The maximum absolute atomic E-state index is 11.7. The Bertz CT molecular complexity index is 877. The van der Waals surface area contributed by atoms with E-state index in [9.17, 15) is 4.79 Å². The van der Waals surface area contributed by atoms with Gasteiger partial charge in [0.15, 0.2) is 0 Å². The molecule has 4 heteroatoms. The number of nitrogens with two attached hydrogens (primary N) is 1. The van der Waals surface area contributed by atoms with Crippen LogP contribution >= 0.6 is 0 Å². The third kappa shape index (κ3) is 4.45. The number of piperidine rings is 1. The largest absolute Gasteiger partial charge is 0.401 e. The molecule has 1 saturated heterocycles. The van der Waals surface area contributed by atoms with E-state index < -0.39 is 0 Å². The summed E-state index contributed by atoms with van der Waals surface area (Å²) in [7, 11) is 1.79. The second kappa shape index (κ2) is 8.21. The Balaban J connectivity index is 1.79. The standard InChI is InChI=1S/C23H27N3O/c1-16-4-8-19(9-5-16)20-10-6-18(7-11-20)14-22(24)21-15-26(17(2)27)13-12-23(21)25-3/h4-11H,12-15,24H2,1-3H3. The Morgan fingerprint density at radius 2 is 1.67 bits per heavy atom. The van der Waals surface area contributed by atoms with Crippen molar-refractivity contribution < 1.29 is 4.79 Å². The number of aryl methyl sites for hydroxylation is 1. The van der Waals surface area contributed by atoms with Crippen LogP contribution in [0.25, 0.3) is 11.1 Å². The highest BCUT2D eigenvalue weighted by Gasteiger charge is 2.23. The van der Waals surface area contributed by atoms with Crippen molar-refractivity contribution in [2.75, 3.05) is 20.1 Å². The second-order valence-electron chi connectivity index (χ2n) is 7.10. The molecule has 1 heterocycles. The Morgan fingerprint density at radius 1 is 1.07 bits per heavy atom. The molecular weight excluding hydrogens is 334 g/mol. The van der Waals surface area contributed by atoms with Crippen LogP contribution in [0.15, 0.2) is 64.8 Å². The van der Waals surface area contributed by atoms with Gasteiger partial charge < -0.3 is 10.6 Å². The van der Waals surface area contributed by atoms with Gasteiger partial charge in [-0.25, -0.2) is 0 Å². The van der Waals surface area contributed by atoms with E-state index in [1.165, 1.54) is 16.7 Å². The summed E-state index contributed by atoms with van der Waals surface area (Å²) in [6.07, 6.45) is 1.42. The van der Waals surface area contributed by atoms with E-state index in [0.717, 1.165) is 29.0 Å². The van der Waals surface area contributed by atoms with Crippen molar-refractivity contribution >= 4 is 11.6 Å². The number of aliphatic imine (C=N–C) groups is 1. The van der Waals surface area contributed by atoms with E-state index in [4.69, 9.17) is 5.73 Å². The molecule has 0 unspecified atom stereocenters. The van der Waals surface area contributed by atoms with Gasteiger partial charge in [-0.1, -0.05) is 54.1 Å². The molecule has 0 spiro atoms. The molecule has 3 rings (SSSR count).